The van der Waals surface area contributed by atoms with Gasteiger partial charge in [-0.3, -0.25) is 4.79 Å². The number of nitrogens with one attached hydrogen (secondary N) is 1. The first-order valence-electron chi connectivity index (χ1n) is 8.46. The molecule has 0 spiro atoms. The molecule has 27 heavy (non-hydrogen) atoms. The van der Waals surface area contributed by atoms with Crippen LogP contribution in [0.4, 0.5) is 4.79 Å². The second-order valence-electron chi connectivity index (χ2n) is 6.42. The number of hydrogen-bond donors (Lipinski definition) is 3. The van der Waals surface area contributed by atoms with E-state index >= 15 is 0 Å². The van der Waals surface area contributed by atoms with E-state index in [0.29, 0.717) is 11.4 Å². The topological polar surface area (TPSA) is 107 Å². The van der Waals surface area contributed by atoms with Crippen molar-refractivity contribution in [1.82, 2.24) is 10.2 Å². The van der Waals surface area contributed by atoms with Gasteiger partial charge >= 0.3 is 12.0 Å². The van der Waals surface area contributed by atoms with Crippen LogP contribution in [-0.4, -0.2) is 43.9 Å². The molecule has 2 aromatic carbocycles. The fraction of sp³-hybridized carbons (Fsp3) is 0.263. The van der Waals surface area contributed by atoms with Crippen molar-refractivity contribution >= 4 is 23.1 Å². The lowest BCUT2D eigenvalue weighted by Crippen LogP contribution is -2.38. The summed E-state index contributed by atoms with van der Waals surface area (Å²) in [7, 11) is 0. The summed E-state index contributed by atoms with van der Waals surface area (Å²) in [4.78, 5) is 25.9. The fourth-order valence-corrected chi connectivity index (χ4v) is 3.64. The summed E-state index contributed by atoms with van der Waals surface area (Å²) in [5.74, 6) is -1.79. The van der Waals surface area contributed by atoms with Crippen LogP contribution in [0.2, 0.25) is 0 Å². The molecule has 2 amide bonds. The predicted molar refractivity (Wildman–Crippen MR) is 99.6 cm³/mol. The van der Waals surface area contributed by atoms with E-state index in [1.165, 1.54) is 17.0 Å². The molecule has 7 nitrogen and oxygen atoms in total. The Bertz CT molecular complexity index is 841. The summed E-state index contributed by atoms with van der Waals surface area (Å²) in [6.07, 6.45) is 0. The zero-order valence-corrected chi connectivity index (χ0v) is 15.3. The Morgan fingerprint density at radius 2 is 1.74 bits per heavy atom. The maximum Gasteiger partial charge on any atom is 0.317 e. The van der Waals surface area contributed by atoms with Crippen LogP contribution >= 0.6 is 0 Å². The van der Waals surface area contributed by atoms with Crippen molar-refractivity contribution in [2.75, 3.05) is 13.1 Å². The maximum absolute atomic E-state index is 12.5. The zero-order valence-electron chi connectivity index (χ0n) is 14.4. The van der Waals surface area contributed by atoms with Crippen molar-refractivity contribution in [2.45, 2.75) is 17.4 Å². The van der Waals surface area contributed by atoms with Crippen LogP contribution in [0.15, 0.2) is 59.5 Å². The van der Waals surface area contributed by atoms with Gasteiger partial charge < -0.3 is 19.9 Å². The van der Waals surface area contributed by atoms with Gasteiger partial charge in [-0.05, 0) is 23.3 Å². The third-order valence-corrected chi connectivity index (χ3v) is 5.40. The third-order valence-electron chi connectivity index (χ3n) is 4.72. The highest BCUT2D eigenvalue weighted by atomic mass is 32.2. The lowest BCUT2D eigenvalue weighted by molar-refractivity contribution is -0.141. The number of carboxylic acids is 1. The fourth-order valence-electron chi connectivity index (χ4n) is 3.27. The Morgan fingerprint density at radius 1 is 1.07 bits per heavy atom. The van der Waals surface area contributed by atoms with Gasteiger partial charge in [-0.25, -0.2) is 9.00 Å². The molecule has 3 atom stereocenters. The standard InChI is InChI=1S/C19H20N2O5S/c22-18(23)17-12-21(11-16(17)14-4-2-1-3-5-14)19(24)20-10-13-6-8-15(9-7-13)27(25)26/h1-9,16-17H,10-12H2,(H,20,24)(H,22,23)(H,25,26). The molecular formula is C19H20N2O5S. The predicted octanol–water partition coefficient (Wildman–Crippen LogP) is 2.28. The van der Waals surface area contributed by atoms with Gasteiger partial charge in [0.05, 0.1) is 10.8 Å². The van der Waals surface area contributed by atoms with E-state index in [9.17, 15) is 18.9 Å². The van der Waals surface area contributed by atoms with Crippen molar-refractivity contribution in [2.24, 2.45) is 5.92 Å². The first-order valence-corrected chi connectivity index (χ1v) is 9.56. The first kappa shape index (κ1) is 19.1. The number of aliphatic carboxylic acids is 1. The van der Waals surface area contributed by atoms with Crippen LogP contribution in [0, 0.1) is 5.92 Å². The largest absolute Gasteiger partial charge is 0.481 e. The zero-order chi connectivity index (χ0) is 19.4. The molecule has 1 aliphatic heterocycles. The molecule has 0 radical (unpaired) electrons. The Balaban J connectivity index is 1.63. The van der Waals surface area contributed by atoms with Crippen LogP contribution in [0.5, 0.6) is 0 Å². The minimum Gasteiger partial charge on any atom is -0.481 e. The number of benzene rings is 2. The van der Waals surface area contributed by atoms with Crippen LogP contribution < -0.4 is 5.32 Å². The molecule has 1 heterocycles. The highest BCUT2D eigenvalue weighted by Crippen LogP contribution is 2.32. The van der Waals surface area contributed by atoms with Crippen LogP contribution in [0.3, 0.4) is 0 Å². The average Bonchev–Trinajstić information content (AvgIpc) is 3.13. The second kappa shape index (κ2) is 8.32. The lowest BCUT2D eigenvalue weighted by Gasteiger charge is -2.17. The molecule has 142 valence electrons. The van der Waals surface area contributed by atoms with Gasteiger partial charge in [-0.1, -0.05) is 42.5 Å². The average molecular weight is 388 g/mol. The Labute approximate surface area is 159 Å². The van der Waals surface area contributed by atoms with E-state index in [-0.39, 0.29) is 25.0 Å². The molecule has 3 rings (SSSR count). The molecule has 2 aromatic rings. The minimum absolute atomic E-state index is 0.156. The van der Waals surface area contributed by atoms with E-state index in [1.54, 1.807) is 12.1 Å². The van der Waals surface area contributed by atoms with Gasteiger partial charge in [-0.2, -0.15) is 0 Å². The SMILES string of the molecule is O=C(O)C1CN(C(=O)NCc2ccc(S(=O)O)cc2)CC1c1ccccc1. The van der Waals surface area contributed by atoms with E-state index in [2.05, 4.69) is 5.32 Å². The summed E-state index contributed by atoms with van der Waals surface area (Å²) in [5, 5.41) is 12.3. The Hall–Kier alpha value is -2.71. The van der Waals surface area contributed by atoms with E-state index in [0.717, 1.165) is 11.1 Å². The maximum atomic E-state index is 12.5. The number of carboxylic acid groups (broad SMARTS) is 1. The first-order chi connectivity index (χ1) is 13.0. The monoisotopic (exact) mass is 388 g/mol. The van der Waals surface area contributed by atoms with Crippen molar-refractivity contribution in [1.29, 1.82) is 0 Å². The number of rotatable bonds is 5. The number of hydrogen-bond acceptors (Lipinski definition) is 3. The molecule has 0 aromatic heterocycles. The molecule has 1 saturated heterocycles. The van der Waals surface area contributed by atoms with Crippen LogP contribution in [0.25, 0.3) is 0 Å². The molecule has 1 fully saturated rings. The molecule has 1 aliphatic rings. The summed E-state index contributed by atoms with van der Waals surface area (Å²) < 4.78 is 20.0. The number of urea groups is 1. The third kappa shape index (κ3) is 4.53. The number of likely N-dealkylation sites (tertiary alicyclic amines) is 1. The number of amides is 2. The summed E-state index contributed by atoms with van der Waals surface area (Å²) in [5.41, 5.74) is 1.69. The summed E-state index contributed by atoms with van der Waals surface area (Å²) >= 11 is -2.03. The van der Waals surface area contributed by atoms with Crippen molar-refractivity contribution < 1.29 is 23.5 Å². The van der Waals surface area contributed by atoms with Crippen molar-refractivity contribution in [3.8, 4) is 0 Å². The lowest BCUT2D eigenvalue weighted by atomic mass is 9.89. The molecule has 0 bridgehead atoms. The second-order valence-corrected chi connectivity index (χ2v) is 7.39. The molecule has 0 aliphatic carbocycles. The van der Waals surface area contributed by atoms with Crippen molar-refractivity contribution in [3.05, 3.63) is 65.7 Å². The minimum atomic E-state index is -2.03. The van der Waals surface area contributed by atoms with E-state index in [1.807, 2.05) is 30.3 Å². The van der Waals surface area contributed by atoms with E-state index < -0.39 is 23.0 Å². The molecular weight excluding hydrogens is 368 g/mol. The molecule has 0 saturated carbocycles. The molecule has 3 unspecified atom stereocenters. The molecule has 3 N–H and O–H groups in total. The number of nitrogens with zero attached hydrogens (tertiary/aromatic N) is 1. The molecule has 8 heteroatoms. The smallest absolute Gasteiger partial charge is 0.317 e. The summed E-state index contributed by atoms with van der Waals surface area (Å²) in [6, 6.07) is 15.4. The van der Waals surface area contributed by atoms with Gasteiger partial charge in [0.1, 0.15) is 0 Å². The Kier molecular flexibility index (Phi) is 5.88. The van der Waals surface area contributed by atoms with E-state index in [4.69, 9.17) is 4.55 Å². The highest BCUT2D eigenvalue weighted by Gasteiger charge is 2.40. The van der Waals surface area contributed by atoms with Crippen molar-refractivity contribution in [3.63, 3.8) is 0 Å². The number of carbonyl (C=O) groups excluding carboxylic acids is 1. The van der Waals surface area contributed by atoms with Crippen LogP contribution in [-0.2, 0) is 22.4 Å². The van der Waals surface area contributed by atoms with Gasteiger partial charge in [0.2, 0.25) is 0 Å². The van der Waals surface area contributed by atoms with Gasteiger partial charge in [-0.15, -0.1) is 0 Å². The van der Waals surface area contributed by atoms with Crippen LogP contribution in [0.1, 0.15) is 17.0 Å². The summed E-state index contributed by atoms with van der Waals surface area (Å²) in [6.45, 7) is 0.750. The highest BCUT2D eigenvalue weighted by molar-refractivity contribution is 7.79. The normalized spacial score (nSPS) is 20.3. The quantitative estimate of drug-likeness (QED) is 0.681. The van der Waals surface area contributed by atoms with Gasteiger partial charge in [0.25, 0.3) is 0 Å². The Morgan fingerprint density at radius 3 is 2.33 bits per heavy atom. The van der Waals surface area contributed by atoms with Gasteiger partial charge in [0, 0.05) is 25.6 Å². The van der Waals surface area contributed by atoms with Gasteiger partial charge in [0.15, 0.2) is 11.1 Å². The number of carbonyl (C=O) groups is 2.